The lowest BCUT2D eigenvalue weighted by Crippen LogP contribution is -2.22. The zero-order chi connectivity index (χ0) is 18.7. The smallest absolute Gasteiger partial charge is 0.123 e. The second-order valence-corrected chi connectivity index (χ2v) is 7.53. The van der Waals surface area contributed by atoms with Crippen LogP contribution < -0.4 is 0 Å². The monoisotopic (exact) mass is 354 g/mol. The van der Waals surface area contributed by atoms with Gasteiger partial charge in [-0.05, 0) is 48.1 Å². The van der Waals surface area contributed by atoms with Crippen LogP contribution >= 0.6 is 0 Å². The second kappa shape index (κ2) is 7.40. The minimum absolute atomic E-state index is 0.0244. The van der Waals surface area contributed by atoms with Crippen LogP contribution in [0.4, 0.5) is 8.78 Å². The Morgan fingerprint density at radius 1 is 1.04 bits per heavy atom. The first-order chi connectivity index (χ1) is 12.3. The molecule has 0 radical (unpaired) electrons. The summed E-state index contributed by atoms with van der Waals surface area (Å²) in [7, 11) is 0. The average Bonchev–Trinajstić information content (AvgIpc) is 3.09. The van der Waals surface area contributed by atoms with Gasteiger partial charge < -0.3 is 4.98 Å². The van der Waals surface area contributed by atoms with Gasteiger partial charge in [-0.1, -0.05) is 45.0 Å². The summed E-state index contributed by atoms with van der Waals surface area (Å²) in [5.74, 6) is 0.605. The van der Waals surface area contributed by atoms with Crippen LogP contribution in [0.1, 0.15) is 44.5 Å². The molecule has 136 valence electrons. The molecule has 3 aromatic rings. The lowest BCUT2D eigenvalue weighted by Gasteiger charge is -2.30. The Morgan fingerprint density at radius 2 is 1.73 bits per heavy atom. The fourth-order valence-electron chi connectivity index (χ4n) is 3.10. The average molecular weight is 354 g/mol. The molecule has 0 spiro atoms. The lowest BCUT2D eigenvalue weighted by atomic mass is 9.75. The largest absolute Gasteiger partial charge is 0.342 e. The number of H-pyrrole nitrogens is 1. The van der Waals surface area contributed by atoms with Crippen LogP contribution in [0.25, 0.3) is 11.3 Å². The standard InChI is InChI=1S/C22H24F2N2/c1-15(22(2,3)11-10-16-6-4-8-18(23)12-16)21-25-14-20(26-21)17-7-5-9-19(24)13-17/h4-9,12-15H,10-11H2,1-3H3,(H,25,26)/t15-/m0/s1. The summed E-state index contributed by atoms with van der Waals surface area (Å²) in [5.41, 5.74) is 2.58. The molecule has 1 N–H and O–H groups in total. The third-order valence-electron chi connectivity index (χ3n) is 5.26. The molecule has 0 unspecified atom stereocenters. The highest BCUT2D eigenvalue weighted by Gasteiger charge is 2.29. The van der Waals surface area contributed by atoms with Crippen LogP contribution in [-0.2, 0) is 6.42 Å². The van der Waals surface area contributed by atoms with E-state index >= 15 is 0 Å². The van der Waals surface area contributed by atoms with Crippen molar-refractivity contribution in [3.05, 3.63) is 77.8 Å². The van der Waals surface area contributed by atoms with Crippen LogP contribution in [0, 0.1) is 17.0 Å². The molecule has 0 fully saturated rings. The summed E-state index contributed by atoms with van der Waals surface area (Å²) in [6.45, 7) is 6.53. The van der Waals surface area contributed by atoms with E-state index in [0.29, 0.717) is 0 Å². The maximum absolute atomic E-state index is 13.4. The molecule has 0 aliphatic heterocycles. The molecule has 0 amide bonds. The molecule has 0 saturated heterocycles. The van der Waals surface area contributed by atoms with E-state index < -0.39 is 0 Å². The van der Waals surface area contributed by atoms with Gasteiger partial charge in [0.1, 0.15) is 17.5 Å². The van der Waals surface area contributed by atoms with Gasteiger partial charge in [-0.3, -0.25) is 0 Å². The van der Waals surface area contributed by atoms with Gasteiger partial charge in [-0.25, -0.2) is 13.8 Å². The van der Waals surface area contributed by atoms with Gasteiger partial charge >= 0.3 is 0 Å². The molecule has 4 heteroatoms. The Kier molecular flexibility index (Phi) is 5.21. The SMILES string of the molecule is C[C@@H](c1ncc(-c2cccc(F)c2)[nH]1)C(C)(C)CCc1cccc(F)c1. The number of halogens is 2. The maximum Gasteiger partial charge on any atom is 0.123 e. The Bertz CT molecular complexity index is 883. The third-order valence-corrected chi connectivity index (χ3v) is 5.26. The molecule has 0 bridgehead atoms. The summed E-state index contributed by atoms with van der Waals surface area (Å²) in [6, 6.07) is 13.2. The fourth-order valence-corrected chi connectivity index (χ4v) is 3.10. The van der Waals surface area contributed by atoms with Gasteiger partial charge in [0.15, 0.2) is 0 Å². The van der Waals surface area contributed by atoms with Crippen LogP contribution in [0.3, 0.4) is 0 Å². The van der Waals surface area contributed by atoms with Crippen molar-refractivity contribution >= 4 is 0 Å². The Hall–Kier alpha value is -2.49. The summed E-state index contributed by atoms with van der Waals surface area (Å²) < 4.78 is 26.8. The predicted molar refractivity (Wildman–Crippen MR) is 101 cm³/mol. The highest BCUT2D eigenvalue weighted by atomic mass is 19.1. The van der Waals surface area contributed by atoms with Gasteiger partial charge in [0.2, 0.25) is 0 Å². The topological polar surface area (TPSA) is 28.7 Å². The van der Waals surface area contributed by atoms with Crippen LogP contribution in [0.15, 0.2) is 54.7 Å². The Labute approximate surface area is 153 Å². The molecule has 0 aliphatic rings. The van der Waals surface area contributed by atoms with E-state index in [0.717, 1.165) is 35.5 Å². The third kappa shape index (κ3) is 4.18. The molecule has 1 aromatic heterocycles. The first kappa shape index (κ1) is 18.3. The van der Waals surface area contributed by atoms with E-state index in [-0.39, 0.29) is 23.0 Å². The van der Waals surface area contributed by atoms with Gasteiger partial charge in [0.05, 0.1) is 11.9 Å². The van der Waals surface area contributed by atoms with Crippen molar-refractivity contribution < 1.29 is 8.78 Å². The van der Waals surface area contributed by atoms with E-state index in [1.807, 2.05) is 12.1 Å². The van der Waals surface area contributed by atoms with E-state index in [2.05, 4.69) is 30.7 Å². The molecule has 2 nitrogen and oxygen atoms in total. The fraction of sp³-hybridized carbons (Fsp3) is 0.318. The summed E-state index contributed by atoms with van der Waals surface area (Å²) in [5, 5.41) is 0. The minimum Gasteiger partial charge on any atom is -0.342 e. The molecular formula is C22H24F2N2. The Balaban J connectivity index is 1.72. The highest BCUT2D eigenvalue weighted by Crippen LogP contribution is 2.38. The summed E-state index contributed by atoms with van der Waals surface area (Å²) in [4.78, 5) is 7.85. The number of aromatic nitrogens is 2. The quantitative estimate of drug-likeness (QED) is 0.568. The molecule has 1 atom stereocenters. The number of benzene rings is 2. The van der Waals surface area contributed by atoms with Crippen molar-refractivity contribution in [2.45, 2.75) is 39.5 Å². The Morgan fingerprint density at radius 3 is 2.42 bits per heavy atom. The number of nitrogens with zero attached hydrogens (tertiary/aromatic N) is 1. The van der Waals surface area contributed by atoms with Crippen molar-refractivity contribution in [1.29, 1.82) is 0 Å². The van der Waals surface area contributed by atoms with Crippen molar-refractivity contribution in [2.75, 3.05) is 0 Å². The number of aromatic amines is 1. The number of imidazole rings is 1. The summed E-state index contributed by atoms with van der Waals surface area (Å²) >= 11 is 0. The number of nitrogens with one attached hydrogen (secondary N) is 1. The van der Waals surface area contributed by atoms with Crippen LogP contribution in [-0.4, -0.2) is 9.97 Å². The van der Waals surface area contributed by atoms with Gasteiger partial charge in [0, 0.05) is 11.5 Å². The van der Waals surface area contributed by atoms with E-state index in [1.54, 1.807) is 24.4 Å². The van der Waals surface area contributed by atoms with Crippen LogP contribution in [0.5, 0.6) is 0 Å². The van der Waals surface area contributed by atoms with Gasteiger partial charge in [-0.15, -0.1) is 0 Å². The van der Waals surface area contributed by atoms with Crippen molar-refractivity contribution in [2.24, 2.45) is 5.41 Å². The van der Waals surface area contributed by atoms with Crippen LogP contribution in [0.2, 0.25) is 0 Å². The van der Waals surface area contributed by atoms with Gasteiger partial charge in [-0.2, -0.15) is 0 Å². The van der Waals surface area contributed by atoms with Crippen molar-refractivity contribution in [3.63, 3.8) is 0 Å². The number of rotatable bonds is 6. The minimum atomic E-state index is -0.262. The summed E-state index contributed by atoms with van der Waals surface area (Å²) in [6.07, 6.45) is 3.48. The molecule has 2 aromatic carbocycles. The van der Waals surface area contributed by atoms with Crippen molar-refractivity contribution in [1.82, 2.24) is 9.97 Å². The second-order valence-electron chi connectivity index (χ2n) is 7.53. The molecule has 0 aliphatic carbocycles. The zero-order valence-corrected chi connectivity index (χ0v) is 15.4. The first-order valence-corrected chi connectivity index (χ1v) is 8.90. The lowest BCUT2D eigenvalue weighted by molar-refractivity contribution is 0.268. The van der Waals surface area contributed by atoms with Crippen molar-refractivity contribution in [3.8, 4) is 11.3 Å². The number of hydrogen-bond acceptors (Lipinski definition) is 1. The molecule has 0 saturated carbocycles. The predicted octanol–water partition coefficient (Wildman–Crippen LogP) is 6.12. The van der Waals surface area contributed by atoms with E-state index in [4.69, 9.17) is 0 Å². The number of hydrogen-bond donors (Lipinski definition) is 1. The first-order valence-electron chi connectivity index (χ1n) is 8.90. The van der Waals surface area contributed by atoms with E-state index in [1.165, 1.54) is 18.2 Å². The van der Waals surface area contributed by atoms with E-state index in [9.17, 15) is 8.78 Å². The maximum atomic E-state index is 13.4. The number of aryl methyl sites for hydroxylation is 1. The molecule has 3 rings (SSSR count). The molecule has 26 heavy (non-hydrogen) atoms. The van der Waals surface area contributed by atoms with Gasteiger partial charge in [0.25, 0.3) is 0 Å². The zero-order valence-electron chi connectivity index (χ0n) is 15.4. The molecular weight excluding hydrogens is 330 g/mol. The highest BCUT2D eigenvalue weighted by molar-refractivity contribution is 5.58. The molecule has 1 heterocycles. The normalized spacial score (nSPS) is 13.0.